The number of nitrogens with one attached hydrogen (secondary N) is 3. The number of amides is 1. The number of rotatable bonds is 7. The van der Waals surface area contributed by atoms with Crippen LogP contribution in [-0.2, 0) is 16.0 Å². The number of hydrogen-bond acceptors (Lipinski definition) is 6. The maximum Gasteiger partial charge on any atom is 0.408 e. The number of ether oxygens (including phenoxy) is 2. The van der Waals surface area contributed by atoms with Crippen molar-refractivity contribution in [1.29, 1.82) is 0 Å². The summed E-state index contributed by atoms with van der Waals surface area (Å²) < 4.78 is 15.6. The Morgan fingerprint density at radius 1 is 1.17 bits per heavy atom. The van der Waals surface area contributed by atoms with Gasteiger partial charge in [-0.15, -0.1) is 0 Å². The van der Waals surface area contributed by atoms with Crippen LogP contribution in [0.1, 0.15) is 63.4 Å². The number of aliphatic imine (C=N–C) groups is 1. The molecule has 0 unspecified atom stereocenters. The van der Waals surface area contributed by atoms with Crippen LogP contribution in [0.15, 0.2) is 15.5 Å². The van der Waals surface area contributed by atoms with Gasteiger partial charge >= 0.3 is 12.1 Å². The molecule has 0 saturated carbocycles. The number of alkyl carbamates (subject to hydrolysis) is 1. The molecule has 0 radical (unpaired) electrons. The number of methoxy groups -OCH3 is 1. The van der Waals surface area contributed by atoms with Gasteiger partial charge in [0.1, 0.15) is 29.2 Å². The molecule has 0 atom stereocenters. The topological polar surface area (TPSA) is 114 Å². The molecule has 0 aliphatic heterocycles. The summed E-state index contributed by atoms with van der Waals surface area (Å²) in [5, 5.41) is 9.16. The highest BCUT2D eigenvalue weighted by Crippen LogP contribution is 2.16. The number of esters is 1. The first-order valence-corrected chi connectivity index (χ1v) is 9.58. The Hall–Kier alpha value is -2.71. The van der Waals surface area contributed by atoms with Crippen molar-refractivity contribution in [3.8, 4) is 0 Å². The molecule has 29 heavy (non-hydrogen) atoms. The molecule has 0 spiro atoms. The molecule has 0 aliphatic carbocycles. The zero-order chi connectivity index (χ0) is 22.2. The zero-order valence-electron chi connectivity index (χ0n) is 18.7. The zero-order valence-corrected chi connectivity index (χ0v) is 18.7. The third-order valence-corrected chi connectivity index (χ3v) is 3.65. The van der Waals surface area contributed by atoms with E-state index >= 15 is 0 Å². The second-order valence-electron chi connectivity index (χ2n) is 8.23. The van der Waals surface area contributed by atoms with Crippen molar-refractivity contribution in [1.82, 2.24) is 16.0 Å². The van der Waals surface area contributed by atoms with Crippen molar-refractivity contribution in [3.63, 3.8) is 0 Å². The van der Waals surface area contributed by atoms with Crippen molar-refractivity contribution in [2.75, 3.05) is 20.2 Å². The lowest BCUT2D eigenvalue weighted by Gasteiger charge is -2.29. The summed E-state index contributed by atoms with van der Waals surface area (Å²) in [5.41, 5.74) is -0.746. The summed E-state index contributed by atoms with van der Waals surface area (Å²) in [5.74, 6) is 1.15. The van der Waals surface area contributed by atoms with Gasteiger partial charge in [0.15, 0.2) is 5.96 Å². The van der Waals surface area contributed by atoms with Gasteiger partial charge in [-0.05, 0) is 54.5 Å². The van der Waals surface area contributed by atoms with Gasteiger partial charge in [-0.2, -0.15) is 0 Å². The fraction of sp³-hybridized carbons (Fsp3) is 0.650. The van der Waals surface area contributed by atoms with Crippen LogP contribution < -0.4 is 16.0 Å². The Labute approximate surface area is 172 Å². The molecule has 1 rings (SSSR count). The van der Waals surface area contributed by atoms with Crippen LogP contribution in [0.3, 0.4) is 0 Å². The first kappa shape index (κ1) is 24.3. The van der Waals surface area contributed by atoms with Gasteiger partial charge in [0.25, 0.3) is 0 Å². The Balaban J connectivity index is 2.73. The molecule has 1 aromatic heterocycles. The minimum absolute atomic E-state index is 0.243. The van der Waals surface area contributed by atoms with Crippen LogP contribution in [0.25, 0.3) is 0 Å². The van der Waals surface area contributed by atoms with Crippen LogP contribution in [0.2, 0.25) is 0 Å². The Morgan fingerprint density at radius 3 is 2.38 bits per heavy atom. The molecule has 0 aromatic carbocycles. The van der Waals surface area contributed by atoms with Gasteiger partial charge in [0.05, 0.1) is 12.6 Å². The van der Waals surface area contributed by atoms with Crippen molar-refractivity contribution in [2.24, 2.45) is 4.99 Å². The van der Waals surface area contributed by atoms with Gasteiger partial charge in [-0.25, -0.2) is 14.6 Å². The van der Waals surface area contributed by atoms with E-state index in [4.69, 9.17) is 13.9 Å². The lowest BCUT2D eigenvalue weighted by Crippen LogP contribution is -2.54. The summed E-state index contributed by atoms with van der Waals surface area (Å²) in [6.07, 6.45) is -0.479. The van der Waals surface area contributed by atoms with E-state index in [1.54, 1.807) is 13.0 Å². The van der Waals surface area contributed by atoms with Crippen molar-refractivity contribution in [3.05, 3.63) is 23.2 Å². The molecule has 0 bridgehead atoms. The Kier molecular flexibility index (Phi) is 8.54. The summed E-state index contributed by atoms with van der Waals surface area (Å²) in [7, 11) is 1.33. The van der Waals surface area contributed by atoms with E-state index in [0.717, 1.165) is 0 Å². The van der Waals surface area contributed by atoms with Gasteiger partial charge in [0, 0.05) is 13.1 Å². The predicted octanol–water partition coefficient (Wildman–Crippen LogP) is 2.73. The number of nitrogens with zero attached hydrogens (tertiary/aromatic N) is 1. The molecule has 0 saturated heterocycles. The van der Waals surface area contributed by atoms with Crippen LogP contribution in [0.5, 0.6) is 0 Å². The van der Waals surface area contributed by atoms with Crippen molar-refractivity contribution in [2.45, 2.75) is 66.2 Å². The van der Waals surface area contributed by atoms with Crippen LogP contribution in [-0.4, -0.2) is 49.4 Å². The largest absolute Gasteiger partial charge is 0.465 e. The molecule has 1 aromatic rings. The second-order valence-corrected chi connectivity index (χ2v) is 8.23. The SMILES string of the molecule is CCNC(=NCc1cc(C(=O)OC)c(C)o1)NCC(C)(C)NC(=O)OC(C)(C)C. The third-order valence-electron chi connectivity index (χ3n) is 3.65. The fourth-order valence-corrected chi connectivity index (χ4v) is 2.36. The molecule has 1 amide bonds. The summed E-state index contributed by atoms with van der Waals surface area (Å²) in [4.78, 5) is 28.2. The van der Waals surface area contributed by atoms with E-state index in [-0.39, 0.29) is 6.54 Å². The van der Waals surface area contributed by atoms with E-state index in [1.807, 2.05) is 41.5 Å². The molecule has 0 aliphatic rings. The van der Waals surface area contributed by atoms with Crippen LogP contribution in [0, 0.1) is 6.92 Å². The molecule has 3 N–H and O–H groups in total. The molecule has 0 fully saturated rings. The molecular formula is C20H34N4O5. The molecule has 1 heterocycles. The summed E-state index contributed by atoms with van der Waals surface area (Å²) >= 11 is 0. The lowest BCUT2D eigenvalue weighted by molar-refractivity contribution is 0.0473. The van der Waals surface area contributed by atoms with Crippen molar-refractivity contribution < 1.29 is 23.5 Å². The fourth-order valence-electron chi connectivity index (χ4n) is 2.36. The maximum atomic E-state index is 12.0. The summed E-state index contributed by atoms with van der Waals surface area (Å²) in [6.45, 7) is 14.2. The van der Waals surface area contributed by atoms with Gasteiger partial charge in [-0.3, -0.25) is 0 Å². The Morgan fingerprint density at radius 2 is 1.83 bits per heavy atom. The van der Waals surface area contributed by atoms with E-state index in [9.17, 15) is 9.59 Å². The van der Waals surface area contributed by atoms with Gasteiger partial charge in [0.2, 0.25) is 0 Å². The number of carbonyl (C=O) groups excluding carboxylic acids is 2. The number of carbonyl (C=O) groups is 2. The average molecular weight is 411 g/mol. The maximum absolute atomic E-state index is 12.0. The second kappa shape index (κ2) is 10.2. The van der Waals surface area contributed by atoms with Crippen molar-refractivity contribution >= 4 is 18.0 Å². The first-order valence-electron chi connectivity index (χ1n) is 9.58. The molecule has 164 valence electrons. The third kappa shape index (κ3) is 8.89. The van der Waals surface area contributed by atoms with E-state index in [1.165, 1.54) is 7.11 Å². The van der Waals surface area contributed by atoms with Crippen LogP contribution in [0.4, 0.5) is 4.79 Å². The molecule has 9 heteroatoms. The smallest absolute Gasteiger partial charge is 0.408 e. The summed E-state index contributed by atoms with van der Waals surface area (Å²) in [6, 6.07) is 1.63. The van der Waals surface area contributed by atoms with Crippen LogP contribution >= 0.6 is 0 Å². The highest BCUT2D eigenvalue weighted by Gasteiger charge is 2.25. The monoisotopic (exact) mass is 410 g/mol. The Bertz CT molecular complexity index is 732. The van der Waals surface area contributed by atoms with E-state index in [2.05, 4.69) is 20.9 Å². The highest BCUT2D eigenvalue weighted by molar-refractivity contribution is 5.90. The van der Waals surface area contributed by atoms with E-state index in [0.29, 0.717) is 36.1 Å². The van der Waals surface area contributed by atoms with Gasteiger partial charge in [-0.1, -0.05) is 0 Å². The minimum Gasteiger partial charge on any atom is -0.465 e. The molecular weight excluding hydrogens is 376 g/mol. The quantitative estimate of drug-likeness (QED) is 0.360. The number of hydrogen-bond donors (Lipinski definition) is 3. The number of aryl methyl sites for hydroxylation is 1. The molecule has 9 nitrogen and oxygen atoms in total. The standard InChI is InChI=1S/C20H34N4O5/c1-9-21-17(22-11-14-10-15(13(2)28-14)16(25)27-8)23-12-20(6,7)24-18(26)29-19(3,4)5/h10H,9,11-12H2,1-8H3,(H,24,26)(H2,21,22,23). The lowest BCUT2D eigenvalue weighted by atomic mass is 10.1. The minimum atomic E-state index is -0.572. The first-order chi connectivity index (χ1) is 13.4. The normalized spacial score (nSPS) is 12.3. The number of guanidine groups is 1. The predicted molar refractivity (Wildman–Crippen MR) is 111 cm³/mol. The van der Waals surface area contributed by atoms with Gasteiger partial charge < -0.3 is 29.8 Å². The highest BCUT2D eigenvalue weighted by atomic mass is 16.6. The van der Waals surface area contributed by atoms with E-state index < -0.39 is 23.2 Å². The average Bonchev–Trinajstić information content (AvgIpc) is 2.95. The number of furan rings is 1.